The summed E-state index contributed by atoms with van der Waals surface area (Å²) in [6.07, 6.45) is 1.22. The van der Waals surface area contributed by atoms with Crippen molar-refractivity contribution in [2.24, 2.45) is 0 Å². The molecule has 5 nitrogen and oxygen atoms in total. The minimum absolute atomic E-state index is 0.0606. The van der Waals surface area contributed by atoms with E-state index in [0.29, 0.717) is 19.6 Å². The minimum atomic E-state index is -0.957. The van der Waals surface area contributed by atoms with Crippen LogP contribution in [0.5, 0.6) is 0 Å². The first-order valence-corrected chi connectivity index (χ1v) is 6.78. The molecule has 0 aromatic heterocycles. The predicted molar refractivity (Wildman–Crippen MR) is 73.7 cm³/mol. The van der Waals surface area contributed by atoms with Crippen molar-refractivity contribution in [2.45, 2.75) is 25.9 Å². The van der Waals surface area contributed by atoms with Crippen LogP contribution >= 0.6 is 0 Å². The van der Waals surface area contributed by atoms with Gasteiger partial charge in [-0.25, -0.2) is 4.79 Å². The summed E-state index contributed by atoms with van der Waals surface area (Å²) >= 11 is 0. The minimum Gasteiger partial charge on any atom is -0.478 e. The second-order valence-corrected chi connectivity index (χ2v) is 5.05. The van der Waals surface area contributed by atoms with Gasteiger partial charge in [-0.15, -0.1) is 0 Å². The number of hydrogen-bond acceptors (Lipinski definition) is 3. The maximum absolute atomic E-state index is 12.2. The molecule has 108 valence electrons. The highest BCUT2D eigenvalue weighted by atomic mass is 16.5. The van der Waals surface area contributed by atoms with Crippen molar-refractivity contribution < 1.29 is 19.4 Å². The van der Waals surface area contributed by atoms with Crippen molar-refractivity contribution in [1.82, 2.24) is 4.90 Å². The molecular formula is C15H19NO4. The van der Waals surface area contributed by atoms with E-state index < -0.39 is 5.97 Å². The van der Waals surface area contributed by atoms with E-state index in [2.05, 4.69) is 0 Å². The fraction of sp³-hybridized carbons (Fsp3) is 0.467. The highest BCUT2D eigenvalue weighted by molar-refractivity contribution is 5.87. The van der Waals surface area contributed by atoms with Crippen molar-refractivity contribution in [3.63, 3.8) is 0 Å². The smallest absolute Gasteiger partial charge is 0.335 e. The molecule has 0 spiro atoms. The van der Waals surface area contributed by atoms with Crippen molar-refractivity contribution in [1.29, 1.82) is 0 Å². The second kappa shape index (κ2) is 6.52. The Bertz CT molecular complexity index is 483. The molecule has 0 radical (unpaired) electrons. The van der Waals surface area contributed by atoms with E-state index in [9.17, 15) is 9.59 Å². The first-order chi connectivity index (χ1) is 9.56. The summed E-state index contributed by atoms with van der Waals surface area (Å²) < 4.78 is 5.52. The normalized spacial score (nSPS) is 19.4. The lowest BCUT2D eigenvalue weighted by Gasteiger charge is -2.22. The molecule has 1 atom stereocenters. The van der Waals surface area contributed by atoms with Gasteiger partial charge in [0, 0.05) is 19.7 Å². The number of benzene rings is 1. The maximum Gasteiger partial charge on any atom is 0.335 e. The molecule has 0 bridgehead atoms. The zero-order valence-corrected chi connectivity index (χ0v) is 11.5. The molecule has 1 aliphatic rings. The Hall–Kier alpha value is -1.88. The maximum atomic E-state index is 12.2. The number of nitrogens with zero attached hydrogens (tertiary/aromatic N) is 1. The fourth-order valence-electron chi connectivity index (χ4n) is 2.27. The van der Waals surface area contributed by atoms with Crippen LogP contribution in [0, 0.1) is 0 Å². The summed E-state index contributed by atoms with van der Waals surface area (Å²) in [5, 5.41) is 8.83. The molecule has 20 heavy (non-hydrogen) atoms. The van der Waals surface area contributed by atoms with Gasteiger partial charge in [-0.3, -0.25) is 4.79 Å². The Balaban J connectivity index is 1.97. The van der Waals surface area contributed by atoms with Gasteiger partial charge in [-0.1, -0.05) is 12.1 Å². The standard InChI is InChI=1S/C15H19NO4/c1-11-10-16(7-2-8-20-11)14(17)9-12-3-5-13(6-4-12)15(18)19/h3-6,11H,2,7-10H2,1H3,(H,18,19). The molecule has 1 aromatic rings. The van der Waals surface area contributed by atoms with Crippen LogP contribution in [-0.4, -0.2) is 47.7 Å². The van der Waals surface area contributed by atoms with Crippen LogP contribution in [0.4, 0.5) is 0 Å². The fourth-order valence-corrected chi connectivity index (χ4v) is 2.27. The van der Waals surface area contributed by atoms with Crippen LogP contribution in [0.2, 0.25) is 0 Å². The van der Waals surface area contributed by atoms with Crippen LogP contribution in [0.3, 0.4) is 0 Å². The largest absolute Gasteiger partial charge is 0.478 e. The molecule has 1 fully saturated rings. The number of hydrogen-bond donors (Lipinski definition) is 1. The van der Waals surface area contributed by atoms with Crippen molar-refractivity contribution in [2.75, 3.05) is 19.7 Å². The molecule has 1 unspecified atom stereocenters. The number of amides is 1. The van der Waals surface area contributed by atoms with Crippen molar-refractivity contribution in [3.8, 4) is 0 Å². The van der Waals surface area contributed by atoms with Crippen molar-refractivity contribution >= 4 is 11.9 Å². The van der Waals surface area contributed by atoms with Gasteiger partial charge in [0.05, 0.1) is 18.1 Å². The molecular weight excluding hydrogens is 258 g/mol. The molecule has 1 N–H and O–H groups in total. The molecule has 1 heterocycles. The highest BCUT2D eigenvalue weighted by Gasteiger charge is 2.19. The van der Waals surface area contributed by atoms with Gasteiger partial charge in [-0.2, -0.15) is 0 Å². The van der Waals surface area contributed by atoms with Crippen LogP contribution < -0.4 is 0 Å². The summed E-state index contributed by atoms with van der Waals surface area (Å²) in [5.74, 6) is -0.896. The molecule has 1 aliphatic heterocycles. The van der Waals surface area contributed by atoms with Crippen LogP contribution in [0.1, 0.15) is 29.3 Å². The number of aromatic carboxylic acids is 1. The monoisotopic (exact) mass is 277 g/mol. The van der Waals surface area contributed by atoms with Gasteiger partial charge in [0.25, 0.3) is 0 Å². The predicted octanol–water partition coefficient (Wildman–Crippen LogP) is 1.56. The number of carboxylic acid groups (broad SMARTS) is 1. The van der Waals surface area contributed by atoms with Gasteiger partial charge < -0.3 is 14.7 Å². The lowest BCUT2D eigenvalue weighted by molar-refractivity contribution is -0.131. The zero-order chi connectivity index (χ0) is 14.5. The summed E-state index contributed by atoms with van der Waals surface area (Å²) in [6, 6.07) is 6.44. The van der Waals surface area contributed by atoms with Crippen LogP contribution in [-0.2, 0) is 16.0 Å². The van der Waals surface area contributed by atoms with E-state index in [1.807, 2.05) is 11.8 Å². The summed E-state index contributed by atoms with van der Waals surface area (Å²) in [4.78, 5) is 24.8. The first kappa shape index (κ1) is 14.5. The third-order valence-electron chi connectivity index (χ3n) is 3.36. The molecule has 0 saturated carbocycles. The number of ether oxygens (including phenoxy) is 1. The van der Waals surface area contributed by atoms with E-state index in [1.165, 1.54) is 12.1 Å². The summed E-state index contributed by atoms with van der Waals surface area (Å²) in [5.41, 5.74) is 1.07. The van der Waals surface area contributed by atoms with Gasteiger partial charge in [0.2, 0.25) is 5.91 Å². The summed E-state index contributed by atoms with van der Waals surface area (Å²) in [7, 11) is 0. The Morgan fingerprint density at radius 3 is 2.70 bits per heavy atom. The molecule has 1 aromatic carbocycles. The molecule has 5 heteroatoms. The molecule has 2 rings (SSSR count). The van der Waals surface area contributed by atoms with Crippen molar-refractivity contribution in [3.05, 3.63) is 35.4 Å². The average Bonchev–Trinajstić information content (AvgIpc) is 2.64. The Kier molecular flexibility index (Phi) is 4.74. The summed E-state index contributed by atoms with van der Waals surface area (Å²) in [6.45, 7) is 3.99. The molecule has 1 amide bonds. The second-order valence-electron chi connectivity index (χ2n) is 5.05. The Morgan fingerprint density at radius 1 is 1.35 bits per heavy atom. The third-order valence-corrected chi connectivity index (χ3v) is 3.36. The lowest BCUT2D eigenvalue weighted by Crippen LogP contribution is -2.36. The molecule has 1 saturated heterocycles. The molecule has 0 aliphatic carbocycles. The van der Waals surface area contributed by atoms with Gasteiger partial charge >= 0.3 is 5.97 Å². The SMILES string of the molecule is CC1CN(C(=O)Cc2ccc(C(=O)O)cc2)CCCO1. The van der Waals surface area contributed by atoms with Gasteiger partial charge in [0.1, 0.15) is 0 Å². The van der Waals surface area contributed by atoms with E-state index in [-0.39, 0.29) is 17.6 Å². The topological polar surface area (TPSA) is 66.8 Å². The Morgan fingerprint density at radius 2 is 2.05 bits per heavy atom. The van der Waals surface area contributed by atoms with Crippen LogP contribution in [0.25, 0.3) is 0 Å². The lowest BCUT2D eigenvalue weighted by atomic mass is 10.1. The third kappa shape index (κ3) is 3.81. The van der Waals surface area contributed by atoms with E-state index in [4.69, 9.17) is 9.84 Å². The van der Waals surface area contributed by atoms with Gasteiger partial charge in [0.15, 0.2) is 0 Å². The zero-order valence-electron chi connectivity index (χ0n) is 11.5. The van der Waals surface area contributed by atoms with E-state index in [0.717, 1.165) is 18.5 Å². The van der Waals surface area contributed by atoms with E-state index >= 15 is 0 Å². The number of rotatable bonds is 3. The van der Waals surface area contributed by atoms with E-state index in [1.54, 1.807) is 12.1 Å². The van der Waals surface area contributed by atoms with Gasteiger partial charge in [-0.05, 0) is 31.0 Å². The number of carboxylic acids is 1. The first-order valence-electron chi connectivity index (χ1n) is 6.78. The quantitative estimate of drug-likeness (QED) is 0.910. The van der Waals surface area contributed by atoms with Crippen LogP contribution in [0.15, 0.2) is 24.3 Å². The Labute approximate surface area is 118 Å². The average molecular weight is 277 g/mol. The number of carbonyl (C=O) groups excluding carboxylic acids is 1. The number of carbonyl (C=O) groups is 2. The highest BCUT2D eigenvalue weighted by Crippen LogP contribution is 2.10.